The van der Waals surface area contributed by atoms with E-state index >= 15 is 0 Å². The summed E-state index contributed by atoms with van der Waals surface area (Å²) in [5.74, 6) is 0.323. The summed E-state index contributed by atoms with van der Waals surface area (Å²) in [7, 11) is 0. The quantitative estimate of drug-likeness (QED) is 0.778. The highest BCUT2D eigenvalue weighted by atomic mass is 79.9. The number of rotatable bonds is 5. The fourth-order valence-electron chi connectivity index (χ4n) is 1.64. The summed E-state index contributed by atoms with van der Waals surface area (Å²) in [4.78, 5) is 11.6. The van der Waals surface area contributed by atoms with Crippen LogP contribution in [0.2, 0.25) is 0 Å². The monoisotopic (exact) mass is 334 g/mol. The Kier molecular flexibility index (Phi) is 5.18. The van der Waals surface area contributed by atoms with E-state index in [-0.39, 0.29) is 19.2 Å². The number of hydrogen-bond acceptors (Lipinski definition) is 3. The van der Waals surface area contributed by atoms with Crippen LogP contribution in [0.3, 0.4) is 0 Å². The van der Waals surface area contributed by atoms with Gasteiger partial charge in [-0.05, 0) is 36.2 Å². The molecule has 0 aromatic heterocycles. The Balaban J connectivity index is 1.78. The number of aryl methyl sites for hydroxylation is 1. The standard InChI is InChI=1S/C16H15BrO3/c1-12-4-2-3-5-15(12)19-11-16(18)20-10-13-6-8-14(17)9-7-13/h2-9H,10-11H2,1H3. The maximum atomic E-state index is 11.6. The second-order valence-electron chi connectivity index (χ2n) is 4.34. The van der Waals surface area contributed by atoms with Crippen LogP contribution in [0.15, 0.2) is 53.0 Å². The lowest BCUT2D eigenvalue weighted by molar-refractivity contribution is -0.147. The molecular formula is C16H15BrO3. The number of esters is 1. The molecule has 2 rings (SSSR count). The van der Waals surface area contributed by atoms with Crippen molar-refractivity contribution in [2.75, 3.05) is 6.61 Å². The second-order valence-corrected chi connectivity index (χ2v) is 5.26. The van der Waals surface area contributed by atoms with E-state index in [9.17, 15) is 4.79 Å². The molecule has 3 nitrogen and oxygen atoms in total. The zero-order valence-electron chi connectivity index (χ0n) is 11.1. The molecule has 0 aliphatic rings. The molecule has 0 bridgehead atoms. The predicted molar refractivity (Wildman–Crippen MR) is 80.6 cm³/mol. The maximum absolute atomic E-state index is 11.6. The van der Waals surface area contributed by atoms with E-state index in [1.165, 1.54) is 0 Å². The molecule has 0 saturated carbocycles. The highest BCUT2D eigenvalue weighted by Gasteiger charge is 2.06. The molecule has 0 N–H and O–H groups in total. The zero-order valence-corrected chi connectivity index (χ0v) is 12.7. The number of ether oxygens (including phenoxy) is 2. The largest absolute Gasteiger partial charge is 0.482 e. The smallest absolute Gasteiger partial charge is 0.344 e. The third-order valence-electron chi connectivity index (χ3n) is 2.75. The van der Waals surface area contributed by atoms with Crippen molar-refractivity contribution >= 4 is 21.9 Å². The molecule has 0 fully saturated rings. The van der Waals surface area contributed by atoms with Crippen LogP contribution in [0.5, 0.6) is 5.75 Å². The van der Waals surface area contributed by atoms with Gasteiger partial charge in [-0.2, -0.15) is 0 Å². The Labute approximate surface area is 126 Å². The van der Waals surface area contributed by atoms with Gasteiger partial charge in [0, 0.05) is 4.47 Å². The normalized spacial score (nSPS) is 10.1. The summed E-state index contributed by atoms with van der Waals surface area (Å²) in [5, 5.41) is 0. The maximum Gasteiger partial charge on any atom is 0.344 e. The van der Waals surface area contributed by atoms with Crippen LogP contribution in [-0.4, -0.2) is 12.6 Å². The Morgan fingerprint density at radius 1 is 1.10 bits per heavy atom. The van der Waals surface area contributed by atoms with Gasteiger partial charge in [0.15, 0.2) is 6.61 Å². The number of benzene rings is 2. The number of hydrogen-bond donors (Lipinski definition) is 0. The van der Waals surface area contributed by atoms with Crippen LogP contribution < -0.4 is 4.74 Å². The number of para-hydroxylation sites is 1. The van der Waals surface area contributed by atoms with Crippen LogP contribution in [-0.2, 0) is 16.1 Å². The highest BCUT2D eigenvalue weighted by molar-refractivity contribution is 9.10. The van der Waals surface area contributed by atoms with Crippen LogP contribution in [0.4, 0.5) is 0 Å². The predicted octanol–water partition coefficient (Wildman–Crippen LogP) is 3.88. The van der Waals surface area contributed by atoms with E-state index in [0.29, 0.717) is 5.75 Å². The van der Waals surface area contributed by atoms with E-state index < -0.39 is 0 Å². The first-order chi connectivity index (χ1) is 9.65. The van der Waals surface area contributed by atoms with Crippen molar-refractivity contribution in [2.45, 2.75) is 13.5 Å². The first kappa shape index (κ1) is 14.6. The Morgan fingerprint density at radius 2 is 1.80 bits per heavy atom. The van der Waals surface area contributed by atoms with Crippen molar-refractivity contribution in [3.05, 3.63) is 64.1 Å². The highest BCUT2D eigenvalue weighted by Crippen LogP contribution is 2.16. The van der Waals surface area contributed by atoms with E-state index in [1.807, 2.05) is 55.5 Å². The van der Waals surface area contributed by atoms with Gasteiger partial charge in [-0.3, -0.25) is 0 Å². The third-order valence-corrected chi connectivity index (χ3v) is 3.28. The van der Waals surface area contributed by atoms with E-state index in [0.717, 1.165) is 15.6 Å². The molecule has 0 aliphatic heterocycles. The zero-order chi connectivity index (χ0) is 14.4. The van der Waals surface area contributed by atoms with Crippen LogP contribution in [0.25, 0.3) is 0 Å². The average Bonchev–Trinajstić information content (AvgIpc) is 2.46. The van der Waals surface area contributed by atoms with Gasteiger partial charge in [0.1, 0.15) is 12.4 Å². The van der Waals surface area contributed by atoms with Gasteiger partial charge in [0.25, 0.3) is 0 Å². The fraction of sp³-hybridized carbons (Fsp3) is 0.188. The lowest BCUT2D eigenvalue weighted by Gasteiger charge is -2.09. The summed E-state index contributed by atoms with van der Waals surface area (Å²) < 4.78 is 11.6. The van der Waals surface area contributed by atoms with Gasteiger partial charge in [-0.25, -0.2) is 4.79 Å². The summed E-state index contributed by atoms with van der Waals surface area (Å²) >= 11 is 3.36. The van der Waals surface area contributed by atoms with Crippen molar-refractivity contribution in [3.8, 4) is 5.75 Å². The molecule has 0 aliphatic carbocycles. The van der Waals surface area contributed by atoms with Crippen LogP contribution >= 0.6 is 15.9 Å². The third kappa shape index (κ3) is 4.38. The minimum absolute atomic E-state index is 0.0820. The molecule has 20 heavy (non-hydrogen) atoms. The molecule has 0 spiro atoms. The lowest BCUT2D eigenvalue weighted by atomic mass is 10.2. The number of carbonyl (C=O) groups is 1. The lowest BCUT2D eigenvalue weighted by Crippen LogP contribution is -2.15. The summed E-state index contributed by atoms with van der Waals surface area (Å²) in [5.41, 5.74) is 1.94. The first-order valence-corrected chi connectivity index (χ1v) is 7.03. The first-order valence-electron chi connectivity index (χ1n) is 6.23. The molecule has 0 unspecified atom stereocenters. The molecular weight excluding hydrogens is 320 g/mol. The Bertz CT molecular complexity index is 579. The molecule has 104 valence electrons. The van der Waals surface area contributed by atoms with Crippen LogP contribution in [0, 0.1) is 6.92 Å². The molecule has 0 saturated heterocycles. The topological polar surface area (TPSA) is 35.5 Å². The van der Waals surface area contributed by atoms with Crippen molar-refractivity contribution in [3.63, 3.8) is 0 Å². The van der Waals surface area contributed by atoms with Crippen molar-refractivity contribution in [2.24, 2.45) is 0 Å². The summed E-state index contributed by atoms with van der Waals surface area (Å²) in [6.45, 7) is 2.10. The van der Waals surface area contributed by atoms with Gasteiger partial charge in [-0.1, -0.05) is 46.3 Å². The van der Waals surface area contributed by atoms with Gasteiger partial charge in [0.05, 0.1) is 0 Å². The summed E-state index contributed by atoms with van der Waals surface area (Å²) in [6.07, 6.45) is 0. The van der Waals surface area contributed by atoms with Crippen molar-refractivity contribution in [1.82, 2.24) is 0 Å². The minimum Gasteiger partial charge on any atom is -0.482 e. The SMILES string of the molecule is Cc1ccccc1OCC(=O)OCc1ccc(Br)cc1. The molecule has 2 aromatic rings. The van der Waals surface area contributed by atoms with Crippen LogP contribution in [0.1, 0.15) is 11.1 Å². The molecule has 0 heterocycles. The van der Waals surface area contributed by atoms with Gasteiger partial charge in [-0.15, -0.1) is 0 Å². The molecule has 0 atom stereocenters. The minimum atomic E-state index is -0.379. The average molecular weight is 335 g/mol. The van der Waals surface area contributed by atoms with E-state index in [2.05, 4.69) is 15.9 Å². The van der Waals surface area contributed by atoms with Gasteiger partial charge in [0.2, 0.25) is 0 Å². The molecule has 0 amide bonds. The second kappa shape index (κ2) is 7.10. The molecule has 2 aromatic carbocycles. The Hall–Kier alpha value is -1.81. The number of carbonyl (C=O) groups excluding carboxylic acids is 1. The van der Waals surface area contributed by atoms with Crippen molar-refractivity contribution < 1.29 is 14.3 Å². The molecule has 0 radical (unpaired) electrons. The van der Waals surface area contributed by atoms with Gasteiger partial charge >= 0.3 is 5.97 Å². The Morgan fingerprint density at radius 3 is 2.50 bits per heavy atom. The van der Waals surface area contributed by atoms with Crippen molar-refractivity contribution in [1.29, 1.82) is 0 Å². The van der Waals surface area contributed by atoms with Gasteiger partial charge < -0.3 is 9.47 Å². The van der Waals surface area contributed by atoms with E-state index in [1.54, 1.807) is 0 Å². The number of halogens is 1. The fourth-order valence-corrected chi connectivity index (χ4v) is 1.91. The molecule has 4 heteroatoms. The summed E-state index contributed by atoms with van der Waals surface area (Å²) in [6, 6.07) is 15.2. The van der Waals surface area contributed by atoms with E-state index in [4.69, 9.17) is 9.47 Å².